The van der Waals surface area contributed by atoms with Crippen LogP contribution in [0.3, 0.4) is 0 Å². The highest BCUT2D eigenvalue weighted by Crippen LogP contribution is 2.35. The Morgan fingerprint density at radius 2 is 2.05 bits per heavy atom. The quantitative estimate of drug-likeness (QED) is 0.839. The van der Waals surface area contributed by atoms with E-state index in [1.54, 1.807) is 18.2 Å². The van der Waals surface area contributed by atoms with E-state index >= 15 is 0 Å². The van der Waals surface area contributed by atoms with Crippen LogP contribution < -0.4 is 14.2 Å². The molecular weight excluding hydrogens is 402 g/mol. The lowest BCUT2D eigenvalue weighted by molar-refractivity contribution is 0.174. The summed E-state index contributed by atoms with van der Waals surface area (Å²) in [5, 5.41) is 0.378. The van der Waals surface area contributed by atoms with Gasteiger partial charge in [0, 0.05) is 6.54 Å². The molecule has 2 aromatic rings. The summed E-state index contributed by atoms with van der Waals surface area (Å²) in [7, 11) is -3.59. The minimum atomic E-state index is -3.59. The highest BCUT2D eigenvalue weighted by atomic mass is 79.9. The fourth-order valence-corrected chi connectivity index (χ4v) is 5.22. The molecular formula is C12H9BrClNO4S2. The van der Waals surface area contributed by atoms with Gasteiger partial charge in [-0.15, -0.1) is 11.3 Å². The third kappa shape index (κ3) is 3.19. The lowest BCUT2D eigenvalue weighted by Gasteiger charge is -2.05. The van der Waals surface area contributed by atoms with Crippen molar-refractivity contribution in [3.05, 3.63) is 38.6 Å². The highest BCUT2D eigenvalue weighted by molar-refractivity contribution is 9.11. The molecule has 0 spiro atoms. The number of sulfonamides is 1. The van der Waals surface area contributed by atoms with Crippen molar-refractivity contribution in [2.24, 2.45) is 0 Å². The Morgan fingerprint density at radius 3 is 2.76 bits per heavy atom. The molecule has 5 nitrogen and oxygen atoms in total. The van der Waals surface area contributed by atoms with Crippen LogP contribution in [0.2, 0.25) is 5.02 Å². The van der Waals surface area contributed by atoms with Crippen LogP contribution >= 0.6 is 38.9 Å². The van der Waals surface area contributed by atoms with Crippen LogP contribution in [0.15, 0.2) is 32.3 Å². The fourth-order valence-electron chi connectivity index (χ4n) is 1.76. The molecule has 0 aliphatic carbocycles. The van der Waals surface area contributed by atoms with Crippen LogP contribution in [0.5, 0.6) is 11.5 Å². The minimum Gasteiger partial charge on any atom is -0.454 e. The van der Waals surface area contributed by atoms with Gasteiger partial charge >= 0.3 is 0 Å². The average molecular weight is 411 g/mol. The third-order valence-corrected chi connectivity index (χ3v) is 7.14. The normalized spacial score (nSPS) is 13.6. The second-order valence-electron chi connectivity index (χ2n) is 4.20. The second-order valence-corrected chi connectivity index (χ2v) is 8.97. The van der Waals surface area contributed by atoms with Gasteiger partial charge in [0.05, 0.1) is 8.81 Å². The molecule has 0 radical (unpaired) electrons. The van der Waals surface area contributed by atoms with Crippen molar-refractivity contribution in [2.45, 2.75) is 10.8 Å². The number of ether oxygens (including phenoxy) is 2. The molecule has 0 fully saturated rings. The molecule has 0 saturated heterocycles. The van der Waals surface area contributed by atoms with Gasteiger partial charge in [0.1, 0.15) is 4.21 Å². The molecule has 0 unspecified atom stereocenters. The molecule has 21 heavy (non-hydrogen) atoms. The summed E-state index contributed by atoms with van der Waals surface area (Å²) in [5.74, 6) is 1.28. The first-order chi connectivity index (χ1) is 9.95. The van der Waals surface area contributed by atoms with Gasteiger partial charge in [-0.1, -0.05) is 17.7 Å². The predicted octanol–water partition coefficient (Wildman–Crippen LogP) is 3.37. The average Bonchev–Trinajstić information content (AvgIpc) is 3.04. The van der Waals surface area contributed by atoms with Crippen LogP contribution in [0, 0.1) is 0 Å². The van der Waals surface area contributed by atoms with Crippen LogP contribution in [-0.2, 0) is 16.6 Å². The molecule has 1 aliphatic rings. The zero-order valence-electron chi connectivity index (χ0n) is 10.4. The van der Waals surface area contributed by atoms with Crippen LogP contribution in [0.4, 0.5) is 0 Å². The topological polar surface area (TPSA) is 64.6 Å². The zero-order chi connectivity index (χ0) is 15.0. The number of benzene rings is 1. The van der Waals surface area contributed by atoms with E-state index in [1.807, 2.05) is 0 Å². The largest absolute Gasteiger partial charge is 0.454 e. The zero-order valence-corrected chi connectivity index (χ0v) is 14.4. The van der Waals surface area contributed by atoms with Gasteiger partial charge in [-0.2, -0.15) is 0 Å². The Kier molecular flexibility index (Phi) is 4.15. The van der Waals surface area contributed by atoms with Gasteiger partial charge in [-0.05, 0) is 39.7 Å². The Morgan fingerprint density at radius 1 is 1.29 bits per heavy atom. The Labute approximate surface area is 139 Å². The third-order valence-electron chi connectivity index (χ3n) is 2.79. The number of fused-ring (bicyclic) bond motifs is 1. The number of thiophene rings is 1. The van der Waals surface area contributed by atoms with Gasteiger partial charge in [-0.25, -0.2) is 13.1 Å². The Bertz CT molecular complexity index is 771. The maximum absolute atomic E-state index is 12.2. The summed E-state index contributed by atoms with van der Waals surface area (Å²) >= 11 is 10.1. The highest BCUT2D eigenvalue weighted by Gasteiger charge is 2.19. The van der Waals surface area contributed by atoms with E-state index in [2.05, 4.69) is 20.7 Å². The summed E-state index contributed by atoms with van der Waals surface area (Å²) in [6.07, 6.45) is 0. The van der Waals surface area contributed by atoms with Crippen LogP contribution in [0.1, 0.15) is 5.56 Å². The van der Waals surface area contributed by atoms with Gasteiger partial charge in [0.15, 0.2) is 11.5 Å². The SMILES string of the molecule is O=S(=O)(NCc1ccc2c(c1)OCO2)c1cc(Cl)c(Br)s1. The summed E-state index contributed by atoms with van der Waals surface area (Å²) in [6.45, 7) is 0.346. The van der Waals surface area contributed by atoms with Crippen LogP contribution in [0.25, 0.3) is 0 Å². The summed E-state index contributed by atoms with van der Waals surface area (Å²) in [6, 6.07) is 6.71. The molecule has 2 heterocycles. The minimum absolute atomic E-state index is 0.159. The number of nitrogens with one attached hydrogen (secondary N) is 1. The standard InChI is InChI=1S/C12H9BrClNO4S2/c13-12-8(14)4-11(20-12)21(16,17)15-5-7-1-2-9-10(3-7)19-6-18-9/h1-4,15H,5-6H2. The van der Waals surface area contributed by atoms with E-state index in [-0.39, 0.29) is 17.5 Å². The molecule has 3 rings (SSSR count). The van der Waals surface area contributed by atoms with Crippen molar-refractivity contribution in [3.8, 4) is 11.5 Å². The van der Waals surface area contributed by atoms with Crippen molar-refractivity contribution in [2.75, 3.05) is 6.79 Å². The Balaban J connectivity index is 1.75. The summed E-state index contributed by atoms with van der Waals surface area (Å²) < 4.78 is 38.1. The number of hydrogen-bond donors (Lipinski definition) is 1. The van der Waals surface area contributed by atoms with Gasteiger partial charge in [-0.3, -0.25) is 0 Å². The smallest absolute Gasteiger partial charge is 0.250 e. The van der Waals surface area contributed by atoms with Crippen molar-refractivity contribution < 1.29 is 17.9 Å². The monoisotopic (exact) mass is 409 g/mol. The number of halogens is 2. The second kappa shape index (κ2) is 5.77. The number of rotatable bonds is 4. The number of hydrogen-bond acceptors (Lipinski definition) is 5. The van der Waals surface area contributed by atoms with Crippen molar-refractivity contribution in [3.63, 3.8) is 0 Å². The van der Waals surface area contributed by atoms with E-state index in [4.69, 9.17) is 21.1 Å². The van der Waals surface area contributed by atoms with E-state index in [0.717, 1.165) is 16.9 Å². The van der Waals surface area contributed by atoms with E-state index in [0.29, 0.717) is 20.3 Å². The van der Waals surface area contributed by atoms with Crippen molar-refractivity contribution >= 4 is 48.9 Å². The molecule has 0 atom stereocenters. The Hall–Kier alpha value is -0.800. The van der Waals surface area contributed by atoms with E-state index in [9.17, 15) is 8.42 Å². The van der Waals surface area contributed by atoms with Gasteiger partial charge in [0.25, 0.3) is 0 Å². The predicted molar refractivity (Wildman–Crippen MR) is 83.6 cm³/mol. The molecule has 0 amide bonds. The van der Waals surface area contributed by atoms with Crippen molar-refractivity contribution in [1.29, 1.82) is 0 Å². The summed E-state index contributed by atoms with van der Waals surface area (Å²) in [5.41, 5.74) is 0.782. The molecule has 0 saturated carbocycles. The van der Waals surface area contributed by atoms with E-state index < -0.39 is 10.0 Å². The maximum atomic E-state index is 12.2. The van der Waals surface area contributed by atoms with Gasteiger partial charge < -0.3 is 9.47 Å². The lowest BCUT2D eigenvalue weighted by atomic mass is 10.2. The molecule has 0 bridgehead atoms. The first kappa shape index (κ1) is 15.1. The van der Waals surface area contributed by atoms with Gasteiger partial charge in [0.2, 0.25) is 16.8 Å². The van der Waals surface area contributed by atoms with E-state index in [1.165, 1.54) is 6.07 Å². The molecule has 9 heteroatoms. The molecule has 1 N–H and O–H groups in total. The lowest BCUT2D eigenvalue weighted by Crippen LogP contribution is -2.22. The molecule has 1 aromatic heterocycles. The van der Waals surface area contributed by atoms with Crippen molar-refractivity contribution in [1.82, 2.24) is 4.72 Å². The first-order valence-corrected chi connectivity index (χ1v) is 9.26. The fraction of sp³-hybridized carbons (Fsp3) is 0.167. The summed E-state index contributed by atoms with van der Waals surface area (Å²) in [4.78, 5) is 0. The maximum Gasteiger partial charge on any atom is 0.250 e. The molecule has 1 aliphatic heterocycles. The van der Waals surface area contributed by atoms with Crippen LogP contribution in [-0.4, -0.2) is 15.2 Å². The molecule has 112 valence electrons. The molecule has 1 aromatic carbocycles. The first-order valence-electron chi connectivity index (χ1n) is 5.79.